The maximum atomic E-state index is 12.2. The van der Waals surface area contributed by atoms with E-state index in [2.05, 4.69) is 27.5 Å². The molecule has 1 aromatic carbocycles. The van der Waals surface area contributed by atoms with Crippen LogP contribution >= 0.6 is 23.2 Å². The minimum atomic E-state index is -0.398. The molecule has 9 heteroatoms. The number of halogens is 2. The van der Waals surface area contributed by atoms with E-state index < -0.39 is 5.91 Å². The summed E-state index contributed by atoms with van der Waals surface area (Å²) < 4.78 is 1.32. The molecule has 0 spiro atoms. The van der Waals surface area contributed by atoms with Crippen molar-refractivity contribution in [1.82, 2.24) is 20.5 Å². The molecule has 0 unspecified atom stereocenters. The van der Waals surface area contributed by atoms with Gasteiger partial charge in [-0.3, -0.25) is 15.0 Å². The molecule has 0 bridgehead atoms. The first kappa shape index (κ1) is 20.1. The number of rotatable bonds is 4. The highest BCUT2D eigenvalue weighted by Gasteiger charge is 2.22. The Morgan fingerprint density at radius 3 is 2.39 bits per heavy atom. The van der Waals surface area contributed by atoms with Crippen LogP contribution in [0.5, 0.6) is 0 Å². The van der Waals surface area contributed by atoms with E-state index in [0.29, 0.717) is 44.7 Å². The van der Waals surface area contributed by atoms with E-state index in [-0.39, 0.29) is 17.2 Å². The van der Waals surface area contributed by atoms with Gasteiger partial charge in [0.25, 0.3) is 11.5 Å². The van der Waals surface area contributed by atoms with E-state index in [1.54, 1.807) is 25.2 Å². The third-order valence-electron chi connectivity index (χ3n) is 4.32. The monoisotopic (exact) mass is 419 g/mol. The van der Waals surface area contributed by atoms with Crippen LogP contribution in [0.4, 0.5) is 0 Å². The lowest BCUT2D eigenvalue weighted by Crippen LogP contribution is -2.40. The van der Waals surface area contributed by atoms with Crippen molar-refractivity contribution in [2.24, 2.45) is 12.1 Å². The molecule has 146 valence electrons. The fourth-order valence-corrected chi connectivity index (χ4v) is 3.50. The summed E-state index contributed by atoms with van der Waals surface area (Å²) in [6.07, 6.45) is 0.347. The number of carbonyl (C=O) groups excluding carboxylic acids is 1. The quantitative estimate of drug-likeness (QED) is 0.796. The fourth-order valence-electron chi connectivity index (χ4n) is 2.88. The topological polar surface area (TPSA) is 88.4 Å². The zero-order valence-corrected chi connectivity index (χ0v) is 17.1. The summed E-state index contributed by atoms with van der Waals surface area (Å²) in [4.78, 5) is 24.3. The molecule has 0 fully saturated rings. The lowest BCUT2D eigenvalue weighted by Gasteiger charge is -2.17. The van der Waals surface area contributed by atoms with Crippen molar-refractivity contribution in [2.75, 3.05) is 0 Å². The Kier molecular flexibility index (Phi) is 5.58. The normalized spacial score (nSPS) is 14.0. The molecule has 1 aliphatic heterocycles. The molecule has 0 atom stereocenters. The number of nitrogens with zero attached hydrogens (tertiary/aromatic N) is 3. The summed E-state index contributed by atoms with van der Waals surface area (Å²) in [5.41, 5.74) is 5.13. The van der Waals surface area contributed by atoms with Crippen molar-refractivity contribution in [3.8, 4) is 0 Å². The molecule has 0 aliphatic carbocycles. The second kappa shape index (κ2) is 7.77. The van der Waals surface area contributed by atoms with Gasteiger partial charge in [0, 0.05) is 34.6 Å². The van der Waals surface area contributed by atoms with Crippen LogP contribution in [0.2, 0.25) is 10.0 Å². The molecule has 0 saturated carbocycles. The third kappa shape index (κ3) is 3.95. The second-order valence-electron chi connectivity index (χ2n) is 6.77. The highest BCUT2D eigenvalue weighted by atomic mass is 35.5. The third-order valence-corrected chi connectivity index (χ3v) is 4.99. The summed E-state index contributed by atoms with van der Waals surface area (Å²) >= 11 is 12.9. The van der Waals surface area contributed by atoms with Gasteiger partial charge in [-0.1, -0.05) is 43.6 Å². The molecule has 2 aromatic rings. The largest absolute Gasteiger partial charge is 0.306 e. The first-order chi connectivity index (χ1) is 13.2. The van der Waals surface area contributed by atoms with Gasteiger partial charge < -0.3 is 5.32 Å². The van der Waals surface area contributed by atoms with Crippen molar-refractivity contribution >= 4 is 34.8 Å². The SMILES string of the molecule is C=C1NN=C(c2cc(Cl)c(Cc3cc(C(C)C)c(=O)n(C)n3)c(Cl)c2)C(=O)N1. The van der Waals surface area contributed by atoms with Crippen LogP contribution in [0.25, 0.3) is 0 Å². The van der Waals surface area contributed by atoms with E-state index in [1.165, 1.54) is 4.68 Å². The van der Waals surface area contributed by atoms with Crippen LogP contribution < -0.4 is 16.3 Å². The molecule has 7 nitrogen and oxygen atoms in total. The Hall–Kier alpha value is -2.64. The lowest BCUT2D eigenvalue weighted by atomic mass is 10.0. The van der Waals surface area contributed by atoms with Gasteiger partial charge in [-0.15, -0.1) is 0 Å². The molecule has 1 aliphatic rings. The molecule has 28 heavy (non-hydrogen) atoms. The number of aryl methyl sites for hydroxylation is 1. The molecular weight excluding hydrogens is 401 g/mol. The average molecular weight is 420 g/mol. The fraction of sp³-hybridized carbons (Fsp3) is 0.263. The van der Waals surface area contributed by atoms with Gasteiger partial charge in [-0.2, -0.15) is 10.2 Å². The molecular formula is C19H19Cl2N5O2. The molecule has 2 heterocycles. The first-order valence-electron chi connectivity index (χ1n) is 8.56. The van der Waals surface area contributed by atoms with E-state index in [4.69, 9.17) is 23.2 Å². The van der Waals surface area contributed by atoms with E-state index in [9.17, 15) is 9.59 Å². The highest BCUT2D eigenvalue weighted by molar-refractivity contribution is 6.47. The number of amides is 1. The summed E-state index contributed by atoms with van der Waals surface area (Å²) in [5, 5.41) is 11.6. The van der Waals surface area contributed by atoms with Gasteiger partial charge >= 0.3 is 0 Å². The maximum absolute atomic E-state index is 12.2. The molecule has 1 aromatic heterocycles. The maximum Gasteiger partial charge on any atom is 0.277 e. The van der Waals surface area contributed by atoms with Crippen molar-refractivity contribution < 1.29 is 4.79 Å². The zero-order valence-electron chi connectivity index (χ0n) is 15.6. The number of aromatic nitrogens is 2. The summed E-state index contributed by atoms with van der Waals surface area (Å²) in [5.74, 6) is -0.0342. The molecule has 3 rings (SSSR count). The van der Waals surface area contributed by atoms with Gasteiger partial charge in [-0.25, -0.2) is 4.68 Å². The Labute approximate surface area is 172 Å². The Morgan fingerprint density at radius 2 is 1.82 bits per heavy atom. The van der Waals surface area contributed by atoms with Crippen molar-refractivity contribution in [3.05, 3.63) is 73.4 Å². The van der Waals surface area contributed by atoms with Gasteiger partial charge in [0.2, 0.25) is 0 Å². The summed E-state index contributed by atoms with van der Waals surface area (Å²) in [7, 11) is 1.62. The predicted molar refractivity (Wildman–Crippen MR) is 110 cm³/mol. The molecule has 1 amide bonds. The van der Waals surface area contributed by atoms with Crippen molar-refractivity contribution in [1.29, 1.82) is 0 Å². The predicted octanol–water partition coefficient (Wildman–Crippen LogP) is 2.70. The lowest BCUT2D eigenvalue weighted by molar-refractivity contribution is -0.114. The second-order valence-corrected chi connectivity index (χ2v) is 7.59. The van der Waals surface area contributed by atoms with E-state index in [0.717, 1.165) is 0 Å². The van der Waals surface area contributed by atoms with Crippen LogP contribution in [0.3, 0.4) is 0 Å². The Bertz CT molecular complexity index is 1050. The number of hydrazone groups is 1. The minimum Gasteiger partial charge on any atom is -0.306 e. The van der Waals surface area contributed by atoms with Gasteiger partial charge in [-0.05, 0) is 29.7 Å². The number of nitrogens with one attached hydrogen (secondary N) is 2. The van der Waals surface area contributed by atoms with E-state index in [1.807, 2.05) is 13.8 Å². The van der Waals surface area contributed by atoms with Crippen LogP contribution in [0.15, 0.2) is 40.5 Å². The Morgan fingerprint density at radius 1 is 1.18 bits per heavy atom. The minimum absolute atomic E-state index is 0.0684. The standard InChI is InChI=1S/C19H19Cl2N5O2/c1-9(2)13-7-12(25-26(4)19(13)28)8-14-15(20)5-11(6-16(14)21)17-18(27)22-10(3)23-24-17/h5-7,9,23H,3,8H2,1-2,4H3,(H,22,27). The van der Waals surface area contributed by atoms with Crippen LogP contribution in [-0.2, 0) is 18.3 Å². The number of benzene rings is 1. The smallest absolute Gasteiger partial charge is 0.277 e. The van der Waals surface area contributed by atoms with Crippen molar-refractivity contribution in [3.63, 3.8) is 0 Å². The van der Waals surface area contributed by atoms with Gasteiger partial charge in [0.05, 0.1) is 5.69 Å². The summed E-state index contributed by atoms with van der Waals surface area (Å²) in [6, 6.07) is 5.03. The number of carbonyl (C=O) groups is 1. The van der Waals surface area contributed by atoms with Gasteiger partial charge in [0.15, 0.2) is 5.71 Å². The van der Waals surface area contributed by atoms with Crippen LogP contribution in [0, 0.1) is 0 Å². The van der Waals surface area contributed by atoms with Crippen LogP contribution in [-0.4, -0.2) is 21.4 Å². The van der Waals surface area contributed by atoms with E-state index >= 15 is 0 Å². The van der Waals surface area contributed by atoms with Crippen LogP contribution in [0.1, 0.15) is 42.1 Å². The first-order valence-corrected chi connectivity index (χ1v) is 9.32. The number of hydrogen-bond donors (Lipinski definition) is 2. The molecule has 0 radical (unpaired) electrons. The zero-order chi connectivity index (χ0) is 20.6. The Balaban J connectivity index is 1.98. The molecule has 2 N–H and O–H groups in total. The van der Waals surface area contributed by atoms with Gasteiger partial charge in [0.1, 0.15) is 5.82 Å². The highest BCUT2D eigenvalue weighted by Crippen LogP contribution is 2.29. The molecule has 0 saturated heterocycles. The van der Waals surface area contributed by atoms with Crippen molar-refractivity contribution in [2.45, 2.75) is 26.2 Å². The summed E-state index contributed by atoms with van der Waals surface area (Å²) in [6.45, 7) is 7.49. The average Bonchev–Trinajstić information content (AvgIpc) is 2.60. The number of hydrogen-bond acceptors (Lipinski definition) is 5.